The molecule has 2 aliphatic carbocycles. The minimum absolute atomic E-state index is 0.0370. The van der Waals surface area contributed by atoms with E-state index in [1.807, 2.05) is 0 Å². The molecule has 2 heteroatoms. The Hall–Kier alpha value is -1.18. The third-order valence-corrected chi connectivity index (χ3v) is 4.10. The van der Waals surface area contributed by atoms with E-state index in [2.05, 4.69) is 0 Å². The topological polar surface area (TPSA) is 17.1 Å². The van der Waals surface area contributed by atoms with E-state index >= 15 is 0 Å². The van der Waals surface area contributed by atoms with Gasteiger partial charge in [-0.25, -0.2) is 4.39 Å². The molecule has 0 spiro atoms. The largest absolute Gasteiger partial charge is 0.294 e. The first-order valence-electron chi connectivity index (χ1n) is 6.08. The Labute approximate surface area is 94.7 Å². The van der Waals surface area contributed by atoms with Gasteiger partial charge in [0.15, 0.2) is 5.78 Å². The van der Waals surface area contributed by atoms with Gasteiger partial charge in [-0.1, -0.05) is 25.0 Å². The van der Waals surface area contributed by atoms with Crippen molar-refractivity contribution in [3.8, 4) is 0 Å². The number of carbonyl (C=O) groups excluding carboxylic acids is 1. The summed E-state index contributed by atoms with van der Waals surface area (Å²) in [5.41, 5.74) is 0.293. The zero-order valence-electron chi connectivity index (χ0n) is 9.16. The monoisotopic (exact) mass is 218 g/mol. The molecule has 0 radical (unpaired) electrons. The number of Topliss-reactive ketones (excluding diaryl/α,β-unsaturated/α-hetero) is 1. The van der Waals surface area contributed by atoms with Crippen LogP contribution in [-0.2, 0) is 0 Å². The molecule has 2 aliphatic rings. The number of carbonyl (C=O) groups is 1. The first-order chi connectivity index (χ1) is 7.79. The Balaban J connectivity index is 1.82. The predicted molar refractivity (Wildman–Crippen MR) is 59.7 cm³/mol. The fourth-order valence-electron chi connectivity index (χ4n) is 3.22. The molecular weight excluding hydrogens is 203 g/mol. The highest BCUT2D eigenvalue weighted by Crippen LogP contribution is 2.56. The van der Waals surface area contributed by atoms with Crippen LogP contribution in [0, 0.1) is 23.6 Å². The van der Waals surface area contributed by atoms with Crippen LogP contribution >= 0.6 is 0 Å². The highest BCUT2D eigenvalue weighted by molar-refractivity contribution is 6.00. The van der Waals surface area contributed by atoms with E-state index in [0.29, 0.717) is 17.4 Å². The second kappa shape index (κ2) is 3.69. The van der Waals surface area contributed by atoms with Crippen molar-refractivity contribution >= 4 is 5.78 Å². The Kier molecular flexibility index (Phi) is 2.31. The van der Waals surface area contributed by atoms with Crippen LogP contribution in [0.3, 0.4) is 0 Å². The third kappa shape index (κ3) is 1.48. The third-order valence-electron chi connectivity index (χ3n) is 4.10. The minimum atomic E-state index is -0.365. The smallest absolute Gasteiger partial charge is 0.169 e. The fourth-order valence-corrected chi connectivity index (χ4v) is 3.22. The summed E-state index contributed by atoms with van der Waals surface area (Å²) in [6.07, 6.45) is 4.80. The van der Waals surface area contributed by atoms with Gasteiger partial charge in [-0.05, 0) is 36.8 Å². The molecule has 84 valence electrons. The molecule has 2 fully saturated rings. The molecule has 0 N–H and O–H groups in total. The zero-order valence-corrected chi connectivity index (χ0v) is 9.16. The van der Waals surface area contributed by atoms with Gasteiger partial charge in [0.1, 0.15) is 5.82 Å². The lowest BCUT2D eigenvalue weighted by atomic mass is 10.0. The van der Waals surface area contributed by atoms with Crippen molar-refractivity contribution in [1.82, 2.24) is 0 Å². The first kappa shape index (κ1) is 10.0. The lowest BCUT2D eigenvalue weighted by molar-refractivity contribution is 0.0952. The van der Waals surface area contributed by atoms with E-state index < -0.39 is 0 Å². The van der Waals surface area contributed by atoms with Crippen LogP contribution in [0.1, 0.15) is 36.0 Å². The van der Waals surface area contributed by atoms with Crippen molar-refractivity contribution in [2.45, 2.75) is 25.7 Å². The molecule has 16 heavy (non-hydrogen) atoms. The number of ketones is 1. The van der Waals surface area contributed by atoms with Crippen molar-refractivity contribution in [2.75, 3.05) is 0 Å². The number of hydrogen-bond acceptors (Lipinski definition) is 1. The fraction of sp³-hybridized carbons (Fsp3) is 0.500. The average Bonchev–Trinajstić information content (AvgIpc) is 3.03. The first-order valence-corrected chi connectivity index (χ1v) is 6.08. The molecule has 0 saturated heterocycles. The van der Waals surface area contributed by atoms with Crippen molar-refractivity contribution < 1.29 is 9.18 Å². The number of fused-ring (bicyclic) bond motifs is 1. The summed E-state index contributed by atoms with van der Waals surface area (Å²) in [5, 5.41) is 0. The Morgan fingerprint density at radius 3 is 2.38 bits per heavy atom. The molecule has 0 heterocycles. The van der Waals surface area contributed by atoms with Crippen LogP contribution in [0.15, 0.2) is 24.3 Å². The zero-order chi connectivity index (χ0) is 11.1. The maximum atomic E-state index is 13.5. The quantitative estimate of drug-likeness (QED) is 0.695. The Bertz CT molecular complexity index is 414. The molecule has 3 rings (SSSR count). The summed E-state index contributed by atoms with van der Waals surface area (Å²) < 4.78 is 13.5. The average molecular weight is 218 g/mol. The van der Waals surface area contributed by atoms with Crippen LogP contribution < -0.4 is 0 Å². The number of halogens is 1. The normalized spacial score (nSPS) is 31.9. The van der Waals surface area contributed by atoms with E-state index in [-0.39, 0.29) is 17.5 Å². The van der Waals surface area contributed by atoms with Crippen molar-refractivity contribution in [3.05, 3.63) is 35.6 Å². The number of rotatable bonds is 2. The van der Waals surface area contributed by atoms with E-state index in [1.54, 1.807) is 18.2 Å². The standard InChI is InChI=1S/C14H15FO/c15-12-8-4-3-7-11(12)14(16)13-9-5-1-2-6-10(9)13/h3-4,7-10,13H,1-2,5-6H2. The molecule has 0 aliphatic heterocycles. The van der Waals surface area contributed by atoms with Crippen LogP contribution in [0.4, 0.5) is 4.39 Å². The van der Waals surface area contributed by atoms with Gasteiger partial charge in [0, 0.05) is 5.92 Å². The molecule has 1 aromatic rings. The van der Waals surface area contributed by atoms with Gasteiger partial charge >= 0.3 is 0 Å². The lowest BCUT2D eigenvalue weighted by Gasteiger charge is -2.04. The summed E-state index contributed by atoms with van der Waals surface area (Å²) in [7, 11) is 0. The van der Waals surface area contributed by atoms with Crippen molar-refractivity contribution in [1.29, 1.82) is 0 Å². The number of hydrogen-bond donors (Lipinski definition) is 0. The second-order valence-electron chi connectivity index (χ2n) is 4.98. The minimum Gasteiger partial charge on any atom is -0.294 e. The molecule has 0 aromatic heterocycles. The van der Waals surface area contributed by atoms with Crippen molar-refractivity contribution in [2.24, 2.45) is 17.8 Å². The van der Waals surface area contributed by atoms with E-state index in [4.69, 9.17) is 0 Å². The highest BCUT2D eigenvalue weighted by Gasteiger charge is 2.54. The van der Waals surface area contributed by atoms with Crippen LogP contribution in [-0.4, -0.2) is 5.78 Å². The van der Waals surface area contributed by atoms with Gasteiger partial charge < -0.3 is 0 Å². The number of benzene rings is 1. The van der Waals surface area contributed by atoms with Gasteiger partial charge in [-0.2, -0.15) is 0 Å². The van der Waals surface area contributed by atoms with Gasteiger partial charge in [0.25, 0.3) is 0 Å². The maximum absolute atomic E-state index is 13.5. The molecular formula is C14H15FO. The summed E-state index contributed by atoms with van der Waals surface area (Å²) in [4.78, 5) is 12.2. The summed E-state index contributed by atoms with van der Waals surface area (Å²) in [6, 6.07) is 6.36. The molecule has 1 aromatic carbocycles. The van der Waals surface area contributed by atoms with Gasteiger partial charge in [-0.3, -0.25) is 4.79 Å². The van der Waals surface area contributed by atoms with Gasteiger partial charge in [0.2, 0.25) is 0 Å². The lowest BCUT2D eigenvalue weighted by Crippen LogP contribution is -2.06. The molecule has 2 unspecified atom stereocenters. The maximum Gasteiger partial charge on any atom is 0.169 e. The van der Waals surface area contributed by atoms with E-state index in [9.17, 15) is 9.18 Å². The van der Waals surface area contributed by atoms with Crippen LogP contribution in [0.5, 0.6) is 0 Å². The molecule has 0 amide bonds. The van der Waals surface area contributed by atoms with Gasteiger partial charge in [0.05, 0.1) is 5.56 Å². The summed E-state index contributed by atoms with van der Waals surface area (Å²) in [6.45, 7) is 0. The Morgan fingerprint density at radius 2 is 1.75 bits per heavy atom. The summed E-state index contributed by atoms with van der Waals surface area (Å²) >= 11 is 0. The van der Waals surface area contributed by atoms with Crippen LogP contribution in [0.25, 0.3) is 0 Å². The molecule has 2 atom stereocenters. The summed E-state index contributed by atoms with van der Waals surface area (Å²) in [5.74, 6) is 0.909. The van der Waals surface area contributed by atoms with E-state index in [1.165, 1.54) is 18.9 Å². The Morgan fingerprint density at radius 1 is 1.12 bits per heavy atom. The molecule has 0 bridgehead atoms. The predicted octanol–water partition coefficient (Wildman–Crippen LogP) is 3.44. The second-order valence-corrected chi connectivity index (χ2v) is 4.98. The van der Waals surface area contributed by atoms with Crippen LogP contribution in [0.2, 0.25) is 0 Å². The van der Waals surface area contributed by atoms with E-state index in [0.717, 1.165) is 12.8 Å². The highest BCUT2D eigenvalue weighted by atomic mass is 19.1. The SMILES string of the molecule is O=C(c1ccccc1F)C1C2CCCCC21. The molecule has 1 nitrogen and oxygen atoms in total. The molecule has 2 saturated carbocycles. The van der Waals surface area contributed by atoms with Crippen molar-refractivity contribution in [3.63, 3.8) is 0 Å². The van der Waals surface area contributed by atoms with Gasteiger partial charge in [-0.15, -0.1) is 0 Å².